The van der Waals surface area contributed by atoms with E-state index in [-0.39, 0.29) is 35.5 Å². The first-order valence-corrected chi connectivity index (χ1v) is 9.02. The lowest BCUT2D eigenvalue weighted by molar-refractivity contribution is -0.123. The molecule has 2 fully saturated rings. The summed E-state index contributed by atoms with van der Waals surface area (Å²) in [5.41, 5.74) is 1.76. The van der Waals surface area contributed by atoms with Crippen molar-refractivity contribution in [2.24, 2.45) is 23.7 Å². The molecule has 0 N–H and O–H groups in total. The first-order chi connectivity index (χ1) is 12.6. The minimum Gasteiger partial charge on any atom is -0.457 e. The molecule has 2 aliphatic carbocycles. The molecule has 2 bridgehead atoms. The van der Waals surface area contributed by atoms with Gasteiger partial charge in [0.2, 0.25) is 11.8 Å². The van der Waals surface area contributed by atoms with Crippen LogP contribution in [0.4, 0.5) is 5.69 Å². The van der Waals surface area contributed by atoms with Gasteiger partial charge >= 0.3 is 0 Å². The number of nitrogens with zero attached hydrogens (tertiary/aromatic N) is 1. The van der Waals surface area contributed by atoms with Crippen LogP contribution in [0.2, 0.25) is 0 Å². The Morgan fingerprint density at radius 1 is 0.885 bits per heavy atom. The second-order valence-electron chi connectivity index (χ2n) is 7.42. The number of ether oxygens (including phenoxy) is 1. The van der Waals surface area contributed by atoms with Crippen molar-refractivity contribution < 1.29 is 14.3 Å². The monoisotopic (exact) mass is 345 g/mol. The number of carbonyl (C=O) groups excluding carboxylic acids is 2. The van der Waals surface area contributed by atoms with Crippen LogP contribution >= 0.6 is 0 Å². The van der Waals surface area contributed by atoms with Crippen LogP contribution in [0.1, 0.15) is 12.0 Å². The summed E-state index contributed by atoms with van der Waals surface area (Å²) in [7, 11) is 0. The van der Waals surface area contributed by atoms with E-state index >= 15 is 0 Å². The highest BCUT2D eigenvalue weighted by Gasteiger charge is 2.59. The van der Waals surface area contributed by atoms with Gasteiger partial charge in [-0.25, -0.2) is 0 Å². The molecule has 0 radical (unpaired) electrons. The Labute approximate surface area is 152 Å². The SMILES string of the molecule is Cc1cccc(Oc2ccc(N3C(=O)C4C5C=CC(C5)C4C3=O)cc2)c1. The first-order valence-electron chi connectivity index (χ1n) is 9.02. The zero-order chi connectivity index (χ0) is 17.8. The van der Waals surface area contributed by atoms with Crippen molar-refractivity contribution in [2.45, 2.75) is 13.3 Å². The highest BCUT2D eigenvalue weighted by molar-refractivity contribution is 6.22. The van der Waals surface area contributed by atoms with E-state index in [1.54, 1.807) is 24.3 Å². The zero-order valence-electron chi connectivity index (χ0n) is 14.5. The maximum atomic E-state index is 12.8. The summed E-state index contributed by atoms with van der Waals surface area (Å²) >= 11 is 0. The third kappa shape index (κ3) is 2.22. The summed E-state index contributed by atoms with van der Waals surface area (Å²) in [6, 6.07) is 15.0. The zero-order valence-corrected chi connectivity index (χ0v) is 14.5. The molecular weight excluding hydrogens is 326 g/mol. The Hall–Kier alpha value is -2.88. The quantitative estimate of drug-likeness (QED) is 0.621. The van der Waals surface area contributed by atoms with Gasteiger partial charge in [0.15, 0.2) is 0 Å². The number of aryl methyl sites for hydroxylation is 1. The van der Waals surface area contributed by atoms with Gasteiger partial charge in [-0.15, -0.1) is 0 Å². The molecule has 0 spiro atoms. The largest absolute Gasteiger partial charge is 0.457 e. The van der Waals surface area contributed by atoms with E-state index in [0.717, 1.165) is 17.7 Å². The van der Waals surface area contributed by atoms with E-state index in [1.807, 2.05) is 31.2 Å². The van der Waals surface area contributed by atoms with Crippen LogP contribution in [0.3, 0.4) is 0 Å². The molecule has 4 unspecified atom stereocenters. The van der Waals surface area contributed by atoms with Crippen LogP contribution in [0.15, 0.2) is 60.7 Å². The summed E-state index contributed by atoms with van der Waals surface area (Å²) in [6.07, 6.45) is 5.17. The fraction of sp³-hybridized carbons (Fsp3) is 0.273. The van der Waals surface area contributed by atoms with Crippen molar-refractivity contribution in [2.75, 3.05) is 4.90 Å². The maximum Gasteiger partial charge on any atom is 0.238 e. The normalized spacial score (nSPS) is 28.7. The highest BCUT2D eigenvalue weighted by Crippen LogP contribution is 2.53. The number of fused-ring (bicyclic) bond motifs is 5. The van der Waals surface area contributed by atoms with E-state index in [4.69, 9.17) is 4.74 Å². The fourth-order valence-corrected chi connectivity index (χ4v) is 4.63. The lowest BCUT2D eigenvalue weighted by Gasteiger charge is -2.17. The Bertz CT molecular complexity index is 901. The van der Waals surface area contributed by atoms with Gasteiger partial charge in [0.25, 0.3) is 0 Å². The predicted octanol–water partition coefficient (Wildman–Crippen LogP) is 4.10. The molecule has 4 nitrogen and oxygen atoms in total. The summed E-state index contributed by atoms with van der Waals surface area (Å²) < 4.78 is 5.85. The Kier molecular flexibility index (Phi) is 3.29. The average Bonchev–Trinajstić information content (AvgIpc) is 3.30. The molecule has 0 aromatic heterocycles. The van der Waals surface area contributed by atoms with Crippen LogP contribution in [-0.2, 0) is 9.59 Å². The fourth-order valence-electron chi connectivity index (χ4n) is 4.63. The maximum absolute atomic E-state index is 12.8. The number of hydrogen-bond donors (Lipinski definition) is 0. The van der Waals surface area contributed by atoms with Gasteiger partial charge in [0.1, 0.15) is 11.5 Å². The van der Waals surface area contributed by atoms with Crippen LogP contribution in [0.25, 0.3) is 0 Å². The van der Waals surface area contributed by atoms with Crippen LogP contribution in [-0.4, -0.2) is 11.8 Å². The molecule has 4 atom stereocenters. The molecule has 1 saturated heterocycles. The molecule has 5 rings (SSSR count). The average molecular weight is 345 g/mol. The van der Waals surface area contributed by atoms with Gasteiger partial charge in [-0.3, -0.25) is 14.5 Å². The summed E-state index contributed by atoms with van der Waals surface area (Å²) in [4.78, 5) is 27.1. The molecule has 26 heavy (non-hydrogen) atoms. The molecule has 3 aliphatic rings. The number of anilines is 1. The summed E-state index contributed by atoms with van der Waals surface area (Å²) in [6.45, 7) is 2.01. The second kappa shape index (κ2) is 5.56. The van der Waals surface area contributed by atoms with Gasteiger partial charge < -0.3 is 4.74 Å². The Morgan fingerprint density at radius 3 is 2.15 bits per heavy atom. The smallest absolute Gasteiger partial charge is 0.238 e. The Balaban J connectivity index is 1.38. The predicted molar refractivity (Wildman–Crippen MR) is 97.9 cm³/mol. The third-order valence-electron chi connectivity index (χ3n) is 5.79. The molecule has 1 heterocycles. The Morgan fingerprint density at radius 2 is 1.54 bits per heavy atom. The number of rotatable bonds is 3. The van der Waals surface area contributed by atoms with E-state index in [0.29, 0.717) is 11.4 Å². The van der Waals surface area contributed by atoms with Gasteiger partial charge in [-0.2, -0.15) is 0 Å². The van der Waals surface area contributed by atoms with E-state index in [1.165, 1.54) is 4.90 Å². The molecular formula is C22H19NO3. The standard InChI is InChI=1S/C22H19NO3/c1-13-3-2-4-18(11-13)26-17-9-7-16(8-10-17)23-21(24)19-14-5-6-15(12-14)20(19)22(23)25/h2-11,14-15,19-20H,12H2,1H3. The first kappa shape index (κ1) is 15.4. The van der Waals surface area contributed by atoms with Crippen LogP contribution in [0.5, 0.6) is 11.5 Å². The van der Waals surface area contributed by atoms with Crippen LogP contribution < -0.4 is 9.64 Å². The molecule has 2 amide bonds. The number of allylic oxidation sites excluding steroid dienone is 2. The minimum atomic E-state index is -0.166. The molecule has 130 valence electrons. The van der Waals surface area contributed by atoms with Crippen molar-refractivity contribution in [1.82, 2.24) is 0 Å². The van der Waals surface area contributed by atoms with Gasteiger partial charge in [0.05, 0.1) is 17.5 Å². The van der Waals surface area contributed by atoms with E-state index < -0.39 is 0 Å². The molecule has 4 heteroatoms. The van der Waals surface area contributed by atoms with Gasteiger partial charge in [0, 0.05) is 0 Å². The lowest BCUT2D eigenvalue weighted by atomic mass is 9.85. The lowest BCUT2D eigenvalue weighted by Crippen LogP contribution is -2.32. The molecule has 1 aliphatic heterocycles. The van der Waals surface area contributed by atoms with E-state index in [9.17, 15) is 9.59 Å². The van der Waals surface area contributed by atoms with Gasteiger partial charge in [-0.05, 0) is 67.1 Å². The number of imide groups is 1. The second-order valence-corrected chi connectivity index (χ2v) is 7.42. The van der Waals surface area contributed by atoms with Crippen molar-refractivity contribution in [3.8, 4) is 11.5 Å². The minimum absolute atomic E-state index is 0.0517. The number of amides is 2. The number of hydrogen-bond acceptors (Lipinski definition) is 3. The topological polar surface area (TPSA) is 46.6 Å². The summed E-state index contributed by atoms with van der Waals surface area (Å²) in [5.74, 6) is 1.48. The molecule has 1 saturated carbocycles. The molecule has 2 aromatic rings. The van der Waals surface area contributed by atoms with Crippen molar-refractivity contribution >= 4 is 17.5 Å². The number of carbonyl (C=O) groups is 2. The van der Waals surface area contributed by atoms with Crippen LogP contribution in [0, 0.1) is 30.6 Å². The molecule has 2 aromatic carbocycles. The number of benzene rings is 2. The van der Waals surface area contributed by atoms with Crippen molar-refractivity contribution in [1.29, 1.82) is 0 Å². The third-order valence-corrected chi connectivity index (χ3v) is 5.79. The van der Waals surface area contributed by atoms with E-state index in [2.05, 4.69) is 12.2 Å². The van der Waals surface area contributed by atoms with Crippen molar-refractivity contribution in [3.05, 3.63) is 66.2 Å². The van der Waals surface area contributed by atoms with Gasteiger partial charge in [-0.1, -0.05) is 24.3 Å². The van der Waals surface area contributed by atoms with Crippen molar-refractivity contribution in [3.63, 3.8) is 0 Å². The summed E-state index contributed by atoms with van der Waals surface area (Å²) in [5, 5.41) is 0. The highest BCUT2D eigenvalue weighted by atomic mass is 16.5.